The minimum absolute atomic E-state index is 0.502. The molecule has 0 fully saturated rings. The first-order chi connectivity index (χ1) is 12.2. The molecule has 128 valence electrons. The second kappa shape index (κ2) is 8.24. The van der Waals surface area contributed by atoms with Gasteiger partial charge in [0.05, 0.1) is 6.20 Å². The number of hydrogen-bond donors (Lipinski definition) is 2. The van der Waals surface area contributed by atoms with Crippen molar-refractivity contribution in [1.82, 2.24) is 15.2 Å². The molecule has 3 aromatic rings. The maximum atomic E-state index is 4.49. The first-order valence-corrected chi connectivity index (χ1v) is 8.52. The van der Waals surface area contributed by atoms with E-state index in [1.807, 2.05) is 6.07 Å². The molecule has 1 heterocycles. The highest BCUT2D eigenvalue weighted by atomic mass is 15.3. The van der Waals surface area contributed by atoms with E-state index in [2.05, 4.69) is 82.1 Å². The predicted octanol–water partition coefficient (Wildman–Crippen LogP) is 4.28. The average molecular weight is 333 g/mol. The Balaban J connectivity index is 1.55. The van der Waals surface area contributed by atoms with Crippen LogP contribution in [0, 0.1) is 13.8 Å². The molecule has 5 nitrogen and oxygen atoms in total. The van der Waals surface area contributed by atoms with Gasteiger partial charge in [-0.15, -0.1) is 5.10 Å². The van der Waals surface area contributed by atoms with Gasteiger partial charge in [0.1, 0.15) is 0 Å². The van der Waals surface area contributed by atoms with Crippen molar-refractivity contribution in [1.29, 1.82) is 0 Å². The summed E-state index contributed by atoms with van der Waals surface area (Å²) in [7, 11) is 0. The lowest BCUT2D eigenvalue weighted by Crippen LogP contribution is -2.08. The van der Waals surface area contributed by atoms with Gasteiger partial charge in [-0.25, -0.2) is 0 Å². The molecule has 0 bridgehead atoms. The summed E-state index contributed by atoms with van der Waals surface area (Å²) in [4.78, 5) is 4.49. The predicted molar refractivity (Wildman–Crippen MR) is 102 cm³/mol. The molecule has 0 radical (unpaired) electrons. The van der Waals surface area contributed by atoms with Crippen molar-refractivity contribution in [2.75, 3.05) is 17.2 Å². The lowest BCUT2D eigenvalue weighted by atomic mass is 10.1. The average Bonchev–Trinajstić information content (AvgIpc) is 2.63. The third kappa shape index (κ3) is 5.01. The van der Waals surface area contributed by atoms with Gasteiger partial charge in [-0.3, -0.25) is 0 Å². The van der Waals surface area contributed by atoms with Crippen LogP contribution >= 0.6 is 0 Å². The van der Waals surface area contributed by atoms with Crippen LogP contribution < -0.4 is 10.6 Å². The molecule has 0 aliphatic heterocycles. The quantitative estimate of drug-likeness (QED) is 0.632. The van der Waals surface area contributed by atoms with Gasteiger partial charge in [-0.2, -0.15) is 10.1 Å². The number of benzene rings is 2. The summed E-state index contributed by atoms with van der Waals surface area (Å²) in [6.07, 6.45) is 3.73. The number of rotatable bonds is 7. The van der Waals surface area contributed by atoms with Gasteiger partial charge in [0, 0.05) is 12.2 Å². The highest BCUT2D eigenvalue weighted by molar-refractivity contribution is 5.59. The van der Waals surface area contributed by atoms with Crippen molar-refractivity contribution in [2.45, 2.75) is 26.7 Å². The topological polar surface area (TPSA) is 62.7 Å². The van der Waals surface area contributed by atoms with Crippen LogP contribution in [0.25, 0.3) is 0 Å². The number of aromatic nitrogens is 3. The number of aryl methyl sites for hydroxylation is 3. The maximum absolute atomic E-state index is 4.49. The van der Waals surface area contributed by atoms with E-state index >= 15 is 0 Å². The molecule has 5 heteroatoms. The zero-order valence-corrected chi connectivity index (χ0v) is 14.7. The second-order valence-electron chi connectivity index (χ2n) is 6.12. The highest BCUT2D eigenvalue weighted by Crippen LogP contribution is 2.19. The highest BCUT2D eigenvalue weighted by Gasteiger charge is 2.04. The normalized spacial score (nSPS) is 10.5. The number of hydrogen-bond acceptors (Lipinski definition) is 5. The van der Waals surface area contributed by atoms with Crippen LogP contribution in [0.5, 0.6) is 0 Å². The molecule has 0 spiro atoms. The molecule has 0 aliphatic rings. The molecule has 3 rings (SSSR count). The van der Waals surface area contributed by atoms with Crippen molar-refractivity contribution < 1.29 is 0 Å². The zero-order chi connectivity index (χ0) is 17.5. The molecular formula is C20H23N5. The number of nitrogens with zero attached hydrogens (tertiary/aromatic N) is 3. The Morgan fingerprint density at radius 3 is 2.68 bits per heavy atom. The van der Waals surface area contributed by atoms with Crippen molar-refractivity contribution in [3.63, 3.8) is 0 Å². The maximum Gasteiger partial charge on any atom is 0.249 e. The van der Waals surface area contributed by atoms with Gasteiger partial charge >= 0.3 is 0 Å². The lowest BCUT2D eigenvalue weighted by Gasteiger charge is -2.10. The molecule has 0 unspecified atom stereocenters. The van der Waals surface area contributed by atoms with Gasteiger partial charge in [0.2, 0.25) is 5.95 Å². The third-order valence-corrected chi connectivity index (χ3v) is 3.99. The van der Waals surface area contributed by atoms with Crippen molar-refractivity contribution >= 4 is 17.5 Å². The summed E-state index contributed by atoms with van der Waals surface area (Å²) in [5.41, 5.74) is 4.69. The Labute approximate surface area is 148 Å². The SMILES string of the molecule is Cc1ccc(C)c(Nc2nncc(NCCCc3ccccc3)n2)c1. The Morgan fingerprint density at radius 2 is 1.84 bits per heavy atom. The number of anilines is 3. The smallest absolute Gasteiger partial charge is 0.249 e. The van der Waals surface area contributed by atoms with Gasteiger partial charge in [-0.1, -0.05) is 42.5 Å². The first kappa shape index (κ1) is 16.9. The fourth-order valence-corrected chi connectivity index (χ4v) is 2.59. The monoisotopic (exact) mass is 333 g/mol. The Hall–Kier alpha value is -2.95. The molecule has 2 aromatic carbocycles. The van der Waals surface area contributed by atoms with Crippen molar-refractivity contribution in [3.05, 3.63) is 71.4 Å². The molecule has 0 saturated carbocycles. The van der Waals surface area contributed by atoms with Crippen LogP contribution in [0.15, 0.2) is 54.7 Å². The first-order valence-electron chi connectivity index (χ1n) is 8.52. The van der Waals surface area contributed by atoms with Crippen molar-refractivity contribution in [2.24, 2.45) is 0 Å². The molecule has 0 amide bonds. The second-order valence-corrected chi connectivity index (χ2v) is 6.12. The number of nitrogens with one attached hydrogen (secondary N) is 2. The summed E-state index contributed by atoms with van der Waals surface area (Å²) < 4.78 is 0. The van der Waals surface area contributed by atoms with E-state index in [1.165, 1.54) is 11.1 Å². The Kier molecular flexibility index (Phi) is 5.57. The summed E-state index contributed by atoms with van der Waals surface area (Å²) in [6, 6.07) is 16.7. The molecule has 0 atom stereocenters. The minimum Gasteiger partial charge on any atom is -0.369 e. The molecule has 25 heavy (non-hydrogen) atoms. The van der Waals surface area contributed by atoms with Crippen LogP contribution in [0.4, 0.5) is 17.5 Å². The van der Waals surface area contributed by atoms with E-state index < -0.39 is 0 Å². The van der Waals surface area contributed by atoms with E-state index in [-0.39, 0.29) is 0 Å². The van der Waals surface area contributed by atoms with E-state index in [1.54, 1.807) is 6.20 Å². The molecule has 0 aliphatic carbocycles. The van der Waals surface area contributed by atoms with Crippen LogP contribution in [-0.2, 0) is 6.42 Å². The fraction of sp³-hybridized carbons (Fsp3) is 0.250. The van der Waals surface area contributed by atoms with Crippen LogP contribution in [0.3, 0.4) is 0 Å². The van der Waals surface area contributed by atoms with E-state index in [4.69, 9.17) is 0 Å². The minimum atomic E-state index is 0.502. The van der Waals surface area contributed by atoms with Crippen LogP contribution in [-0.4, -0.2) is 21.7 Å². The van der Waals surface area contributed by atoms with Crippen molar-refractivity contribution in [3.8, 4) is 0 Å². The lowest BCUT2D eigenvalue weighted by molar-refractivity contribution is 0.853. The fourth-order valence-electron chi connectivity index (χ4n) is 2.59. The van der Waals surface area contributed by atoms with Crippen LogP contribution in [0.1, 0.15) is 23.1 Å². The van der Waals surface area contributed by atoms with E-state index in [9.17, 15) is 0 Å². The zero-order valence-electron chi connectivity index (χ0n) is 14.7. The van der Waals surface area contributed by atoms with Gasteiger partial charge in [-0.05, 0) is 49.4 Å². The molecular weight excluding hydrogens is 310 g/mol. The Morgan fingerprint density at radius 1 is 1.00 bits per heavy atom. The standard InChI is InChI=1S/C20H23N5/c1-15-10-11-16(2)18(13-15)23-20-24-19(14-22-25-20)21-12-6-9-17-7-4-3-5-8-17/h3-5,7-8,10-11,13-14H,6,9,12H2,1-2H3,(H2,21,23,24,25). The van der Waals surface area contributed by atoms with E-state index in [0.717, 1.165) is 36.5 Å². The summed E-state index contributed by atoms with van der Waals surface area (Å²) in [6.45, 7) is 4.96. The molecule has 0 saturated heterocycles. The van der Waals surface area contributed by atoms with E-state index in [0.29, 0.717) is 5.95 Å². The summed E-state index contributed by atoms with van der Waals surface area (Å²) in [5, 5.41) is 14.7. The van der Waals surface area contributed by atoms with Gasteiger partial charge < -0.3 is 10.6 Å². The largest absolute Gasteiger partial charge is 0.369 e. The summed E-state index contributed by atoms with van der Waals surface area (Å²) >= 11 is 0. The summed E-state index contributed by atoms with van der Waals surface area (Å²) in [5.74, 6) is 1.23. The molecule has 2 N–H and O–H groups in total. The third-order valence-electron chi connectivity index (χ3n) is 3.99. The van der Waals surface area contributed by atoms with Gasteiger partial charge in [0.15, 0.2) is 5.82 Å². The Bertz CT molecular complexity index is 817. The van der Waals surface area contributed by atoms with Crippen LogP contribution in [0.2, 0.25) is 0 Å². The molecule has 1 aromatic heterocycles. The van der Waals surface area contributed by atoms with Gasteiger partial charge in [0.25, 0.3) is 0 Å².